The second-order valence-corrected chi connectivity index (χ2v) is 11.1. The Labute approximate surface area is 223 Å². The van der Waals surface area contributed by atoms with Gasteiger partial charge in [0.2, 0.25) is 5.91 Å². The Bertz CT molecular complexity index is 1020. The zero-order chi connectivity index (χ0) is 24.4. The van der Waals surface area contributed by atoms with Crippen molar-refractivity contribution >= 4 is 5.91 Å². The smallest absolute Gasteiger partial charge is 0.232 e. The average Bonchev–Trinajstić information content (AvgIpc) is 3.33. The minimum Gasteiger partial charge on any atom is -1.00 e. The van der Waals surface area contributed by atoms with Crippen molar-refractivity contribution < 1.29 is 27.3 Å². The molecule has 0 bridgehead atoms. The number of halogens is 1. The molecule has 196 valence electrons. The van der Waals surface area contributed by atoms with Crippen LogP contribution in [0.5, 0.6) is 5.75 Å². The van der Waals surface area contributed by atoms with Gasteiger partial charge in [-0.2, -0.15) is 0 Å². The summed E-state index contributed by atoms with van der Waals surface area (Å²) < 4.78 is 5.75. The van der Waals surface area contributed by atoms with Crippen molar-refractivity contribution in [1.82, 2.24) is 4.90 Å². The lowest BCUT2D eigenvalue weighted by Crippen LogP contribution is -3.00. The monoisotopic (exact) mass is 510 g/mol. The fourth-order valence-electron chi connectivity index (χ4n) is 7.76. The Morgan fingerprint density at radius 2 is 1.92 bits per heavy atom. The molecule has 2 heterocycles. The van der Waals surface area contributed by atoms with E-state index < -0.39 is 0 Å². The summed E-state index contributed by atoms with van der Waals surface area (Å²) in [5.41, 5.74) is 4.10. The first-order chi connectivity index (χ1) is 17.1. The van der Waals surface area contributed by atoms with Crippen molar-refractivity contribution in [2.45, 2.75) is 76.2 Å². The van der Waals surface area contributed by atoms with Crippen LogP contribution < -0.4 is 22.5 Å². The minimum absolute atomic E-state index is 0. The topological polar surface area (TPSA) is 46.2 Å². The molecular weight excluding hydrogens is 468 g/mol. The summed E-state index contributed by atoms with van der Waals surface area (Å²) in [6.07, 6.45) is 7.73. The predicted molar refractivity (Wildman–Crippen MR) is 141 cm³/mol. The summed E-state index contributed by atoms with van der Waals surface area (Å²) in [7, 11) is 1.78. The standard InChI is InChI=1S/C31H42N2O2.ClH/c1-4-22(5-2)28-19-24(23-11-7-6-8-12-23)16-18-33(28)30(34)27-20-32-21-31(27)17-10-13-25-26(31)14-9-15-29(25)35-3;/h6-9,11-12,14-15,22,24,27-28,32H,4-5,10,13,16-21H2,1-3H3;1H/t24-,27+,28+,31+;/m1./s1. The number of hydrogen-bond acceptors (Lipinski definition) is 2. The lowest BCUT2D eigenvalue weighted by molar-refractivity contribution is -0.640. The average molecular weight is 511 g/mol. The van der Waals surface area contributed by atoms with Crippen LogP contribution in [-0.2, 0) is 16.6 Å². The summed E-state index contributed by atoms with van der Waals surface area (Å²) in [6.45, 7) is 7.41. The van der Waals surface area contributed by atoms with E-state index in [1.54, 1.807) is 7.11 Å². The minimum atomic E-state index is -0.0615. The van der Waals surface area contributed by atoms with Crippen molar-refractivity contribution in [2.24, 2.45) is 11.8 Å². The molecular formula is C31H43ClN2O2. The summed E-state index contributed by atoms with van der Waals surface area (Å²) in [5.74, 6) is 2.58. The zero-order valence-corrected chi connectivity index (χ0v) is 23.0. The van der Waals surface area contributed by atoms with Crippen LogP contribution in [0.1, 0.15) is 75.0 Å². The van der Waals surface area contributed by atoms with E-state index in [1.807, 2.05) is 0 Å². The maximum atomic E-state index is 14.5. The highest BCUT2D eigenvalue weighted by atomic mass is 35.5. The third-order valence-electron chi connectivity index (χ3n) is 9.61. The maximum Gasteiger partial charge on any atom is 0.232 e. The number of likely N-dealkylation sites (tertiary alicyclic amines) is 1. The number of benzene rings is 2. The SMILES string of the molecule is CCC(CC)[C@@H]1C[C@H](c2ccccc2)CCN1C(=O)[C@@H]1C[NH2+]C[C@]12CCCc1c(OC)cccc12.[Cl-]. The molecule has 1 spiro atoms. The van der Waals surface area contributed by atoms with Crippen molar-refractivity contribution in [3.8, 4) is 5.75 Å². The first-order valence-electron chi connectivity index (χ1n) is 14.0. The number of carbonyl (C=O) groups is 1. The molecule has 0 unspecified atom stereocenters. The lowest BCUT2D eigenvalue weighted by Gasteiger charge is -2.46. The highest BCUT2D eigenvalue weighted by Crippen LogP contribution is 2.47. The molecule has 5 heteroatoms. The number of ether oxygens (including phenoxy) is 1. The van der Waals surface area contributed by atoms with E-state index in [-0.39, 0.29) is 23.7 Å². The Kier molecular flexibility index (Phi) is 8.67. The van der Waals surface area contributed by atoms with Gasteiger partial charge in [-0.1, -0.05) is 69.2 Å². The number of quaternary nitrogens is 1. The van der Waals surface area contributed by atoms with Gasteiger partial charge in [0.25, 0.3) is 0 Å². The van der Waals surface area contributed by atoms with E-state index in [0.717, 1.165) is 70.3 Å². The van der Waals surface area contributed by atoms with E-state index in [0.29, 0.717) is 23.8 Å². The molecule has 4 nitrogen and oxygen atoms in total. The normalized spacial score (nSPS) is 27.6. The molecule has 36 heavy (non-hydrogen) atoms. The third-order valence-corrected chi connectivity index (χ3v) is 9.61. The highest BCUT2D eigenvalue weighted by Gasteiger charge is 2.55. The first kappa shape index (κ1) is 27.0. The summed E-state index contributed by atoms with van der Waals surface area (Å²) in [5, 5.41) is 2.40. The van der Waals surface area contributed by atoms with Gasteiger partial charge >= 0.3 is 0 Å². The molecule has 2 fully saturated rings. The lowest BCUT2D eigenvalue weighted by atomic mass is 9.63. The van der Waals surface area contributed by atoms with Gasteiger partial charge in [-0.3, -0.25) is 4.79 Å². The fraction of sp³-hybridized carbons (Fsp3) is 0.581. The number of nitrogens with two attached hydrogens (primary N) is 1. The molecule has 2 aromatic carbocycles. The molecule has 0 aromatic heterocycles. The molecule has 1 aliphatic carbocycles. The number of hydrogen-bond donors (Lipinski definition) is 1. The van der Waals surface area contributed by atoms with E-state index in [9.17, 15) is 4.79 Å². The Balaban J connectivity index is 0.00000304. The van der Waals surface area contributed by atoms with Crippen LogP contribution in [0.25, 0.3) is 0 Å². The molecule has 2 saturated heterocycles. The third kappa shape index (κ3) is 4.67. The molecule has 5 rings (SSSR count). The van der Waals surface area contributed by atoms with Gasteiger partial charge in [-0.25, -0.2) is 0 Å². The number of fused-ring (bicyclic) bond motifs is 2. The quantitative estimate of drug-likeness (QED) is 0.642. The van der Waals surface area contributed by atoms with Crippen LogP contribution in [0.3, 0.4) is 0 Å². The molecule has 1 amide bonds. The second kappa shape index (κ2) is 11.6. The van der Waals surface area contributed by atoms with E-state index in [1.165, 1.54) is 16.7 Å². The second-order valence-electron chi connectivity index (χ2n) is 11.1. The van der Waals surface area contributed by atoms with Crippen molar-refractivity contribution in [2.75, 3.05) is 26.7 Å². The van der Waals surface area contributed by atoms with Gasteiger partial charge in [0.05, 0.1) is 25.6 Å². The molecule has 0 saturated carbocycles. The van der Waals surface area contributed by atoms with Crippen molar-refractivity contribution in [1.29, 1.82) is 0 Å². The first-order valence-corrected chi connectivity index (χ1v) is 14.0. The predicted octanol–water partition coefficient (Wildman–Crippen LogP) is 1.68. The fourth-order valence-corrected chi connectivity index (χ4v) is 7.76. The van der Waals surface area contributed by atoms with Crippen LogP contribution >= 0.6 is 0 Å². The number of methoxy groups -OCH3 is 1. The molecule has 4 atom stereocenters. The van der Waals surface area contributed by atoms with Gasteiger partial charge < -0.3 is 27.4 Å². The van der Waals surface area contributed by atoms with E-state index in [4.69, 9.17) is 4.74 Å². The zero-order valence-electron chi connectivity index (χ0n) is 22.2. The number of nitrogens with zero attached hydrogens (tertiary/aromatic N) is 1. The van der Waals surface area contributed by atoms with Gasteiger partial charge in [-0.15, -0.1) is 0 Å². The number of amides is 1. The molecule has 3 aliphatic rings. The van der Waals surface area contributed by atoms with Gasteiger partial charge in [-0.05, 0) is 66.7 Å². The van der Waals surface area contributed by atoms with Gasteiger partial charge in [0.15, 0.2) is 0 Å². The largest absolute Gasteiger partial charge is 1.00 e. The summed E-state index contributed by atoms with van der Waals surface area (Å²) in [6, 6.07) is 17.8. The van der Waals surface area contributed by atoms with Crippen LogP contribution in [0.4, 0.5) is 0 Å². The Morgan fingerprint density at radius 1 is 1.14 bits per heavy atom. The molecule has 0 radical (unpaired) electrons. The van der Waals surface area contributed by atoms with Gasteiger partial charge in [0, 0.05) is 12.6 Å². The van der Waals surface area contributed by atoms with Crippen LogP contribution in [0, 0.1) is 11.8 Å². The maximum absolute atomic E-state index is 14.5. The van der Waals surface area contributed by atoms with E-state index in [2.05, 4.69) is 72.6 Å². The number of rotatable bonds is 6. The summed E-state index contributed by atoms with van der Waals surface area (Å²) in [4.78, 5) is 16.8. The molecule has 2 N–H and O–H groups in total. The van der Waals surface area contributed by atoms with Crippen LogP contribution in [0.15, 0.2) is 48.5 Å². The molecule has 2 aliphatic heterocycles. The van der Waals surface area contributed by atoms with Gasteiger partial charge in [0.1, 0.15) is 11.7 Å². The summed E-state index contributed by atoms with van der Waals surface area (Å²) >= 11 is 0. The molecule has 2 aromatic rings. The van der Waals surface area contributed by atoms with Crippen LogP contribution in [-0.4, -0.2) is 43.6 Å². The Morgan fingerprint density at radius 3 is 2.64 bits per heavy atom. The highest BCUT2D eigenvalue weighted by molar-refractivity contribution is 5.82. The van der Waals surface area contributed by atoms with Crippen molar-refractivity contribution in [3.05, 3.63) is 65.2 Å². The number of carbonyl (C=O) groups excluding carboxylic acids is 1. The van der Waals surface area contributed by atoms with Crippen LogP contribution in [0.2, 0.25) is 0 Å². The number of piperidine rings is 1. The Hall–Kier alpha value is -2.04. The van der Waals surface area contributed by atoms with E-state index >= 15 is 0 Å². The van der Waals surface area contributed by atoms with Crippen molar-refractivity contribution in [3.63, 3.8) is 0 Å².